The molecule has 0 saturated heterocycles. The summed E-state index contributed by atoms with van der Waals surface area (Å²) in [5.41, 5.74) is 4.99. The normalized spacial score (nSPS) is 10.9. The molecule has 0 atom stereocenters. The zero-order valence-corrected chi connectivity index (χ0v) is 23.1. The fourth-order valence-electron chi connectivity index (χ4n) is 3.50. The lowest BCUT2D eigenvalue weighted by atomic mass is 10.1. The number of nitrogens with one attached hydrogen (secondary N) is 2. The minimum Gasteiger partial charge on any atom is -0.493 e. The number of rotatable bonds is 9. The molecule has 0 aromatic heterocycles. The van der Waals surface area contributed by atoms with Crippen LogP contribution in [-0.2, 0) is 4.79 Å². The molecular formula is C31H23Cl2N3O5. The van der Waals surface area contributed by atoms with Gasteiger partial charge in [0.2, 0.25) is 0 Å². The third kappa shape index (κ3) is 8.53. The van der Waals surface area contributed by atoms with Gasteiger partial charge < -0.3 is 14.8 Å². The molecule has 8 nitrogen and oxygen atoms in total. The van der Waals surface area contributed by atoms with Crippen LogP contribution in [0.2, 0.25) is 10.0 Å². The van der Waals surface area contributed by atoms with Gasteiger partial charge in [0.15, 0.2) is 11.5 Å². The van der Waals surface area contributed by atoms with Gasteiger partial charge in [0.25, 0.3) is 11.8 Å². The number of halogens is 2. The summed E-state index contributed by atoms with van der Waals surface area (Å²) in [5, 5.41) is 7.86. The molecule has 4 aromatic rings. The van der Waals surface area contributed by atoms with E-state index in [2.05, 4.69) is 15.8 Å². The first-order valence-electron chi connectivity index (χ1n) is 12.1. The standard InChI is InChI=1S/C31H23Cl2N3O5/c1-40-28-17-21(7-15-27(28)41-29(37)16-8-20-5-11-24(32)12-6-20)19-34-36-31(39)23-3-2-4-26(18-23)35-30(38)22-9-13-25(33)14-10-22/h2-19H,1H3,(H,35,38)(H,36,39)/b16-8+,34-19?. The number of amides is 2. The predicted octanol–water partition coefficient (Wildman–Crippen LogP) is 6.64. The molecule has 0 aliphatic rings. The van der Waals surface area contributed by atoms with Crippen LogP contribution in [0.4, 0.5) is 5.69 Å². The Labute approximate surface area is 246 Å². The summed E-state index contributed by atoms with van der Waals surface area (Å²) in [6.07, 6.45) is 4.32. The Morgan fingerprint density at radius 2 is 1.44 bits per heavy atom. The van der Waals surface area contributed by atoms with Crippen molar-refractivity contribution in [2.75, 3.05) is 12.4 Å². The van der Waals surface area contributed by atoms with Crippen LogP contribution >= 0.6 is 23.2 Å². The van der Waals surface area contributed by atoms with E-state index in [4.69, 9.17) is 32.7 Å². The number of carbonyl (C=O) groups is 3. The first-order valence-corrected chi connectivity index (χ1v) is 12.9. The van der Waals surface area contributed by atoms with Crippen molar-refractivity contribution < 1.29 is 23.9 Å². The van der Waals surface area contributed by atoms with Crippen molar-refractivity contribution in [3.63, 3.8) is 0 Å². The van der Waals surface area contributed by atoms with Gasteiger partial charge in [-0.15, -0.1) is 0 Å². The molecule has 0 fully saturated rings. The van der Waals surface area contributed by atoms with E-state index in [0.29, 0.717) is 38.2 Å². The van der Waals surface area contributed by atoms with Crippen molar-refractivity contribution in [1.82, 2.24) is 5.43 Å². The molecule has 4 aromatic carbocycles. The largest absolute Gasteiger partial charge is 0.493 e. The molecule has 10 heteroatoms. The quantitative estimate of drug-likeness (QED) is 0.0750. The molecule has 0 unspecified atom stereocenters. The molecule has 206 valence electrons. The van der Waals surface area contributed by atoms with Crippen LogP contribution in [0.15, 0.2) is 102 Å². The minimum atomic E-state index is -0.585. The number of nitrogens with zero attached hydrogens (tertiary/aromatic N) is 1. The molecule has 2 amide bonds. The topological polar surface area (TPSA) is 106 Å². The Morgan fingerprint density at radius 1 is 0.756 bits per heavy atom. The molecular weight excluding hydrogens is 565 g/mol. The Kier molecular flexibility index (Phi) is 9.88. The Bertz CT molecular complexity index is 1620. The Hall–Kier alpha value is -4.92. The molecule has 2 N–H and O–H groups in total. The number of methoxy groups -OCH3 is 1. The van der Waals surface area contributed by atoms with Crippen LogP contribution in [-0.4, -0.2) is 31.1 Å². The van der Waals surface area contributed by atoms with Gasteiger partial charge in [-0.1, -0.05) is 41.4 Å². The number of carbonyl (C=O) groups excluding carboxylic acids is 3. The Balaban J connectivity index is 1.34. The van der Waals surface area contributed by atoms with Crippen molar-refractivity contribution in [1.29, 1.82) is 0 Å². The molecule has 41 heavy (non-hydrogen) atoms. The number of ether oxygens (including phenoxy) is 2. The first kappa shape index (κ1) is 29.1. The fourth-order valence-corrected chi connectivity index (χ4v) is 3.75. The number of benzene rings is 4. The average Bonchev–Trinajstić information content (AvgIpc) is 2.98. The highest BCUT2D eigenvalue weighted by Gasteiger charge is 2.11. The minimum absolute atomic E-state index is 0.219. The van der Waals surface area contributed by atoms with Gasteiger partial charge in [-0.05, 0) is 90.0 Å². The van der Waals surface area contributed by atoms with Crippen LogP contribution in [0.3, 0.4) is 0 Å². The second-order valence-electron chi connectivity index (χ2n) is 8.46. The fraction of sp³-hybridized carbons (Fsp3) is 0.0323. The lowest BCUT2D eigenvalue weighted by molar-refractivity contribution is -0.129. The van der Waals surface area contributed by atoms with E-state index in [1.807, 2.05) is 0 Å². The van der Waals surface area contributed by atoms with Gasteiger partial charge in [-0.3, -0.25) is 9.59 Å². The molecule has 0 spiro atoms. The molecule has 0 saturated carbocycles. The molecule has 0 radical (unpaired) electrons. The van der Waals surface area contributed by atoms with Crippen LogP contribution in [0.1, 0.15) is 31.8 Å². The summed E-state index contributed by atoms with van der Waals surface area (Å²) in [6.45, 7) is 0. The van der Waals surface area contributed by atoms with E-state index in [1.165, 1.54) is 25.5 Å². The smallest absolute Gasteiger partial charge is 0.336 e. The first-order chi connectivity index (χ1) is 19.8. The summed E-state index contributed by atoms with van der Waals surface area (Å²) in [5.74, 6) is -0.875. The zero-order valence-electron chi connectivity index (χ0n) is 21.6. The second kappa shape index (κ2) is 13.9. The highest BCUT2D eigenvalue weighted by molar-refractivity contribution is 6.31. The van der Waals surface area contributed by atoms with Gasteiger partial charge in [-0.2, -0.15) is 5.10 Å². The predicted molar refractivity (Wildman–Crippen MR) is 160 cm³/mol. The van der Waals surface area contributed by atoms with Crippen molar-refractivity contribution in [3.05, 3.63) is 129 Å². The molecule has 0 aliphatic heterocycles. The van der Waals surface area contributed by atoms with Crippen molar-refractivity contribution in [2.45, 2.75) is 0 Å². The molecule has 0 bridgehead atoms. The monoisotopic (exact) mass is 587 g/mol. The maximum atomic E-state index is 12.6. The van der Waals surface area contributed by atoms with E-state index >= 15 is 0 Å². The zero-order chi connectivity index (χ0) is 29.2. The number of anilines is 1. The van der Waals surface area contributed by atoms with E-state index in [0.717, 1.165) is 5.56 Å². The second-order valence-corrected chi connectivity index (χ2v) is 9.33. The number of hydrogen-bond acceptors (Lipinski definition) is 6. The van der Waals surface area contributed by atoms with Crippen LogP contribution in [0, 0.1) is 0 Å². The van der Waals surface area contributed by atoms with Crippen molar-refractivity contribution in [3.8, 4) is 11.5 Å². The van der Waals surface area contributed by atoms with Gasteiger partial charge >= 0.3 is 5.97 Å². The third-order valence-corrected chi connectivity index (χ3v) is 6.05. The van der Waals surface area contributed by atoms with E-state index < -0.39 is 11.9 Å². The van der Waals surface area contributed by atoms with Crippen LogP contribution < -0.4 is 20.2 Å². The maximum absolute atomic E-state index is 12.6. The third-order valence-electron chi connectivity index (χ3n) is 5.55. The average molecular weight is 588 g/mol. The highest BCUT2D eigenvalue weighted by atomic mass is 35.5. The van der Waals surface area contributed by atoms with E-state index in [9.17, 15) is 14.4 Å². The SMILES string of the molecule is COc1cc(C=NNC(=O)c2cccc(NC(=O)c3ccc(Cl)cc3)c2)ccc1OC(=O)/C=C/c1ccc(Cl)cc1. The lowest BCUT2D eigenvalue weighted by Crippen LogP contribution is -2.18. The van der Waals surface area contributed by atoms with Crippen molar-refractivity contribution >= 4 is 59.0 Å². The molecule has 0 aliphatic carbocycles. The highest BCUT2D eigenvalue weighted by Crippen LogP contribution is 2.28. The molecule has 4 rings (SSSR count). The summed E-state index contributed by atoms with van der Waals surface area (Å²) in [4.78, 5) is 37.3. The van der Waals surface area contributed by atoms with Crippen molar-refractivity contribution in [2.24, 2.45) is 5.10 Å². The van der Waals surface area contributed by atoms with Gasteiger partial charge in [0.05, 0.1) is 13.3 Å². The number of hydrogen-bond donors (Lipinski definition) is 2. The summed E-state index contributed by atoms with van der Waals surface area (Å²) in [7, 11) is 1.44. The Morgan fingerprint density at radius 3 is 2.15 bits per heavy atom. The van der Waals surface area contributed by atoms with Gasteiger partial charge in [-0.25, -0.2) is 10.2 Å². The van der Waals surface area contributed by atoms with Crippen LogP contribution in [0.5, 0.6) is 11.5 Å². The van der Waals surface area contributed by atoms with E-state index in [1.54, 1.807) is 91.0 Å². The van der Waals surface area contributed by atoms with Gasteiger partial charge in [0.1, 0.15) is 0 Å². The number of esters is 1. The van der Waals surface area contributed by atoms with E-state index in [-0.39, 0.29) is 11.7 Å². The van der Waals surface area contributed by atoms with Crippen LogP contribution in [0.25, 0.3) is 6.08 Å². The summed E-state index contributed by atoms with van der Waals surface area (Å²) >= 11 is 11.7. The summed E-state index contributed by atoms with van der Waals surface area (Å²) in [6, 6.07) is 24.7. The lowest BCUT2D eigenvalue weighted by Gasteiger charge is -2.09. The molecule has 0 heterocycles. The number of hydrazone groups is 1. The maximum Gasteiger partial charge on any atom is 0.336 e. The van der Waals surface area contributed by atoms with Gasteiger partial charge in [0, 0.05) is 32.9 Å². The summed E-state index contributed by atoms with van der Waals surface area (Å²) < 4.78 is 10.7.